The van der Waals surface area contributed by atoms with Gasteiger partial charge in [-0.25, -0.2) is 4.98 Å². The number of aromatic nitrogens is 2. The Hall–Kier alpha value is -2.51. The van der Waals surface area contributed by atoms with Crippen LogP contribution in [0.4, 0.5) is 5.69 Å². The van der Waals surface area contributed by atoms with E-state index in [2.05, 4.69) is 28.0 Å². The summed E-state index contributed by atoms with van der Waals surface area (Å²) in [4.78, 5) is 23.5. The van der Waals surface area contributed by atoms with E-state index in [-0.39, 0.29) is 5.91 Å². The van der Waals surface area contributed by atoms with Gasteiger partial charge in [-0.05, 0) is 38.4 Å². The van der Waals surface area contributed by atoms with Crippen LogP contribution >= 0.6 is 11.3 Å². The molecule has 0 N–H and O–H groups in total. The molecule has 1 fully saturated rings. The van der Waals surface area contributed by atoms with E-state index in [1.165, 1.54) is 4.88 Å². The number of nitrogens with zero attached hydrogens (tertiary/aromatic N) is 4. The van der Waals surface area contributed by atoms with Crippen LogP contribution in [0.25, 0.3) is 0 Å². The van der Waals surface area contributed by atoms with E-state index in [9.17, 15) is 4.79 Å². The number of likely N-dealkylation sites (tertiary alicyclic amines) is 1. The Kier molecular flexibility index (Phi) is 4.10. The first-order valence-electron chi connectivity index (χ1n) is 9.52. The Morgan fingerprint density at radius 3 is 2.86 bits per heavy atom. The smallest absolute Gasteiger partial charge is 0.239 e. The van der Waals surface area contributed by atoms with E-state index in [1.54, 1.807) is 11.3 Å². The second kappa shape index (κ2) is 6.53. The fourth-order valence-corrected chi connectivity index (χ4v) is 5.32. The Morgan fingerprint density at radius 1 is 1.25 bits per heavy atom. The van der Waals surface area contributed by atoms with Crippen molar-refractivity contribution in [3.05, 3.63) is 63.4 Å². The summed E-state index contributed by atoms with van der Waals surface area (Å²) in [6, 6.07) is 10.1. The van der Waals surface area contributed by atoms with Crippen LogP contribution in [0, 0.1) is 13.8 Å². The first-order valence-corrected chi connectivity index (χ1v) is 10.4. The van der Waals surface area contributed by atoms with Crippen LogP contribution in [0.1, 0.15) is 34.0 Å². The lowest BCUT2D eigenvalue weighted by Crippen LogP contribution is -2.42. The Balaban J connectivity index is 1.45. The third-order valence-corrected chi connectivity index (χ3v) is 6.84. The molecular weight excluding hydrogens is 372 g/mol. The molecule has 3 aromatic rings. The van der Waals surface area contributed by atoms with Gasteiger partial charge in [0.2, 0.25) is 5.91 Å². The standard InChI is InChI=1S/C21H22N4O2S/c1-14-9-16(27-23-14)10-25-18-6-4-3-5-17(18)21(20(25)26)7-8-24(12-21)11-19-15(2)22-13-28-19/h3-6,9,13H,7-8,10-12H2,1-2H3. The van der Waals surface area contributed by atoms with E-state index in [0.717, 1.165) is 48.7 Å². The number of aryl methyl sites for hydroxylation is 2. The van der Waals surface area contributed by atoms with Gasteiger partial charge in [-0.2, -0.15) is 0 Å². The predicted molar refractivity (Wildman–Crippen MR) is 107 cm³/mol. The number of carbonyl (C=O) groups excluding carboxylic acids is 1. The van der Waals surface area contributed by atoms with Crippen molar-refractivity contribution in [2.24, 2.45) is 0 Å². The summed E-state index contributed by atoms with van der Waals surface area (Å²) in [6.45, 7) is 6.87. The van der Waals surface area contributed by atoms with Crippen molar-refractivity contribution < 1.29 is 9.32 Å². The molecular formula is C21H22N4O2S. The van der Waals surface area contributed by atoms with Gasteiger partial charge in [0.15, 0.2) is 5.76 Å². The van der Waals surface area contributed by atoms with Gasteiger partial charge in [0.05, 0.1) is 28.9 Å². The second-order valence-corrected chi connectivity index (χ2v) is 8.69. The first-order chi connectivity index (χ1) is 13.6. The molecule has 1 unspecified atom stereocenters. The fraction of sp³-hybridized carbons (Fsp3) is 0.381. The van der Waals surface area contributed by atoms with E-state index in [1.807, 2.05) is 41.6 Å². The van der Waals surface area contributed by atoms with Gasteiger partial charge < -0.3 is 9.42 Å². The van der Waals surface area contributed by atoms with Crippen molar-refractivity contribution in [2.75, 3.05) is 18.0 Å². The average Bonchev–Trinajstić information content (AvgIpc) is 3.44. The molecule has 0 saturated carbocycles. The zero-order valence-corrected chi connectivity index (χ0v) is 16.8. The molecule has 0 bridgehead atoms. The normalized spacial score (nSPS) is 21.8. The molecule has 0 aliphatic carbocycles. The van der Waals surface area contributed by atoms with Gasteiger partial charge in [-0.1, -0.05) is 23.4 Å². The highest BCUT2D eigenvalue weighted by Gasteiger charge is 2.54. The van der Waals surface area contributed by atoms with E-state index in [0.29, 0.717) is 12.3 Å². The number of rotatable bonds is 4. The number of benzene rings is 1. The Labute approximate surface area is 167 Å². The molecule has 2 aromatic heterocycles. The lowest BCUT2D eigenvalue weighted by Gasteiger charge is -2.24. The van der Waals surface area contributed by atoms with Crippen molar-refractivity contribution in [2.45, 2.75) is 38.8 Å². The highest BCUT2D eigenvalue weighted by Crippen LogP contribution is 2.48. The highest BCUT2D eigenvalue weighted by molar-refractivity contribution is 7.09. The summed E-state index contributed by atoms with van der Waals surface area (Å²) >= 11 is 1.69. The van der Waals surface area contributed by atoms with Crippen molar-refractivity contribution in [3.8, 4) is 0 Å². The molecule has 1 saturated heterocycles. The minimum Gasteiger partial charge on any atom is -0.359 e. The molecule has 1 amide bonds. The number of thiazole rings is 1. The number of fused-ring (bicyclic) bond motifs is 2. The number of anilines is 1. The molecule has 28 heavy (non-hydrogen) atoms. The lowest BCUT2D eigenvalue weighted by atomic mass is 9.81. The van der Waals surface area contributed by atoms with E-state index in [4.69, 9.17) is 4.52 Å². The first kappa shape index (κ1) is 17.6. The van der Waals surface area contributed by atoms with Crippen molar-refractivity contribution in [1.29, 1.82) is 0 Å². The number of carbonyl (C=O) groups is 1. The maximum Gasteiger partial charge on any atom is 0.239 e. The zero-order valence-electron chi connectivity index (χ0n) is 16.0. The maximum atomic E-state index is 13.6. The SMILES string of the molecule is Cc1cc(CN2C(=O)C3(CCN(Cc4scnc4C)C3)c3ccccc32)on1. The largest absolute Gasteiger partial charge is 0.359 e. The van der Waals surface area contributed by atoms with Gasteiger partial charge in [0.1, 0.15) is 0 Å². The number of amides is 1. The maximum absolute atomic E-state index is 13.6. The van der Waals surface area contributed by atoms with Crippen LogP contribution in [0.15, 0.2) is 40.4 Å². The van der Waals surface area contributed by atoms with Crippen LogP contribution in [-0.4, -0.2) is 34.0 Å². The monoisotopic (exact) mass is 394 g/mol. The Bertz CT molecular complexity index is 1040. The van der Waals surface area contributed by atoms with Crippen molar-refractivity contribution in [3.63, 3.8) is 0 Å². The van der Waals surface area contributed by atoms with Crippen LogP contribution in [0.5, 0.6) is 0 Å². The molecule has 4 heterocycles. The molecule has 0 radical (unpaired) electrons. The average molecular weight is 395 g/mol. The van der Waals surface area contributed by atoms with Gasteiger partial charge in [-0.3, -0.25) is 9.69 Å². The minimum atomic E-state index is -0.468. The summed E-state index contributed by atoms with van der Waals surface area (Å²) < 4.78 is 5.39. The molecule has 2 aliphatic heterocycles. The quantitative estimate of drug-likeness (QED) is 0.678. The minimum absolute atomic E-state index is 0.172. The lowest BCUT2D eigenvalue weighted by molar-refractivity contribution is -0.123. The van der Waals surface area contributed by atoms with Crippen molar-refractivity contribution >= 4 is 22.9 Å². The number of hydrogen-bond donors (Lipinski definition) is 0. The zero-order chi connectivity index (χ0) is 19.3. The van der Waals surface area contributed by atoms with Crippen LogP contribution in [0.3, 0.4) is 0 Å². The van der Waals surface area contributed by atoms with Crippen LogP contribution < -0.4 is 4.90 Å². The summed E-state index contributed by atoms with van der Waals surface area (Å²) in [5.74, 6) is 0.888. The summed E-state index contributed by atoms with van der Waals surface area (Å²) in [5.41, 5.74) is 5.48. The molecule has 1 spiro atoms. The topological polar surface area (TPSA) is 62.5 Å². The van der Waals surface area contributed by atoms with Gasteiger partial charge >= 0.3 is 0 Å². The molecule has 144 valence electrons. The molecule has 5 rings (SSSR count). The van der Waals surface area contributed by atoms with E-state index >= 15 is 0 Å². The van der Waals surface area contributed by atoms with Gasteiger partial charge in [-0.15, -0.1) is 11.3 Å². The third-order valence-electron chi connectivity index (χ3n) is 5.92. The van der Waals surface area contributed by atoms with Gasteiger partial charge in [0, 0.05) is 29.7 Å². The number of hydrogen-bond acceptors (Lipinski definition) is 6. The fourth-order valence-electron chi connectivity index (χ4n) is 4.50. The second-order valence-electron chi connectivity index (χ2n) is 7.75. The molecule has 2 aliphatic rings. The predicted octanol–water partition coefficient (Wildman–Crippen LogP) is 3.44. The van der Waals surface area contributed by atoms with Crippen LogP contribution in [0.2, 0.25) is 0 Å². The molecule has 6 nitrogen and oxygen atoms in total. The molecule has 1 aromatic carbocycles. The molecule has 1 atom stereocenters. The summed E-state index contributed by atoms with van der Waals surface area (Å²) in [7, 11) is 0. The summed E-state index contributed by atoms with van der Waals surface area (Å²) in [6.07, 6.45) is 0.840. The molecule has 7 heteroatoms. The van der Waals surface area contributed by atoms with Crippen molar-refractivity contribution in [1.82, 2.24) is 15.0 Å². The Morgan fingerprint density at radius 2 is 2.11 bits per heavy atom. The summed E-state index contributed by atoms with van der Waals surface area (Å²) in [5, 5.41) is 3.96. The number of para-hydroxylation sites is 1. The van der Waals surface area contributed by atoms with Crippen LogP contribution in [-0.2, 0) is 23.3 Å². The third kappa shape index (κ3) is 2.69. The van der Waals surface area contributed by atoms with Gasteiger partial charge in [0.25, 0.3) is 0 Å². The highest BCUT2D eigenvalue weighted by atomic mass is 32.1. The van der Waals surface area contributed by atoms with E-state index < -0.39 is 5.41 Å².